The first-order valence-corrected chi connectivity index (χ1v) is 7.17. The predicted molar refractivity (Wildman–Crippen MR) is 80.0 cm³/mol. The zero-order valence-electron chi connectivity index (χ0n) is 12.5. The van der Waals surface area contributed by atoms with E-state index in [1.807, 2.05) is 0 Å². The maximum atomic E-state index is 13.3. The molecule has 1 aliphatic rings. The average Bonchev–Trinajstić information content (AvgIpc) is 2.43. The molecule has 2 unspecified atom stereocenters. The highest BCUT2D eigenvalue weighted by Gasteiger charge is 2.29. The number of rotatable bonds is 1. The number of aryl methyl sites for hydroxylation is 3. The number of aliphatic hydroxyl groups is 1. The van der Waals surface area contributed by atoms with Crippen LogP contribution >= 0.6 is 0 Å². The van der Waals surface area contributed by atoms with Crippen LogP contribution in [0.4, 0.5) is 4.39 Å². The van der Waals surface area contributed by atoms with Crippen LogP contribution in [-0.4, -0.2) is 5.11 Å². The molecule has 0 fully saturated rings. The summed E-state index contributed by atoms with van der Waals surface area (Å²) in [6.07, 6.45) is -0.451. The van der Waals surface area contributed by atoms with Crippen LogP contribution in [0.3, 0.4) is 0 Å². The highest BCUT2D eigenvalue weighted by molar-refractivity contribution is 5.42. The lowest BCUT2D eigenvalue weighted by Crippen LogP contribution is -2.20. The first kappa shape index (κ1) is 14.1. The van der Waals surface area contributed by atoms with Crippen LogP contribution in [0.15, 0.2) is 30.3 Å². The van der Waals surface area contributed by atoms with E-state index in [-0.39, 0.29) is 11.9 Å². The molecular weight excluding hydrogens is 267 g/mol. The molecule has 0 spiro atoms. The summed E-state index contributed by atoms with van der Waals surface area (Å²) in [6, 6.07) is 8.57. The van der Waals surface area contributed by atoms with Crippen LogP contribution in [0.1, 0.15) is 46.4 Å². The number of aliphatic hydroxyl groups excluding tert-OH is 1. The lowest BCUT2D eigenvalue weighted by Gasteiger charge is -2.31. The van der Waals surface area contributed by atoms with Gasteiger partial charge in [-0.2, -0.15) is 0 Å². The van der Waals surface area contributed by atoms with Gasteiger partial charge in [-0.15, -0.1) is 0 Å². The zero-order valence-corrected chi connectivity index (χ0v) is 12.5. The first-order valence-electron chi connectivity index (χ1n) is 7.17. The van der Waals surface area contributed by atoms with Gasteiger partial charge in [-0.3, -0.25) is 0 Å². The summed E-state index contributed by atoms with van der Waals surface area (Å²) < 4.78 is 19.3. The van der Waals surface area contributed by atoms with E-state index in [2.05, 4.69) is 32.9 Å². The number of ether oxygens (including phenoxy) is 1. The Kier molecular flexibility index (Phi) is 3.46. The van der Waals surface area contributed by atoms with Crippen molar-refractivity contribution in [3.05, 3.63) is 64.0 Å². The van der Waals surface area contributed by atoms with Crippen LogP contribution in [0.2, 0.25) is 0 Å². The maximum Gasteiger partial charge on any atom is 0.127 e. The molecule has 0 aliphatic carbocycles. The molecule has 0 amide bonds. The normalized spacial score (nSPS) is 20.8. The van der Waals surface area contributed by atoms with Gasteiger partial charge < -0.3 is 9.84 Å². The lowest BCUT2D eigenvalue weighted by molar-refractivity contribution is 0.0650. The topological polar surface area (TPSA) is 29.5 Å². The highest BCUT2D eigenvalue weighted by Crippen LogP contribution is 2.42. The van der Waals surface area contributed by atoms with Gasteiger partial charge in [0, 0.05) is 12.0 Å². The maximum absolute atomic E-state index is 13.3. The minimum atomic E-state index is -0.699. The minimum Gasteiger partial charge on any atom is -0.485 e. The van der Waals surface area contributed by atoms with E-state index in [0.29, 0.717) is 17.7 Å². The van der Waals surface area contributed by atoms with Crippen molar-refractivity contribution >= 4 is 0 Å². The molecule has 0 radical (unpaired) electrons. The molecule has 0 saturated heterocycles. The molecule has 0 aromatic heterocycles. The van der Waals surface area contributed by atoms with Gasteiger partial charge in [0.25, 0.3) is 0 Å². The van der Waals surface area contributed by atoms with Crippen LogP contribution in [0.5, 0.6) is 5.75 Å². The number of benzene rings is 2. The monoisotopic (exact) mass is 286 g/mol. The molecule has 2 aromatic rings. The zero-order chi connectivity index (χ0) is 15.1. The smallest absolute Gasteiger partial charge is 0.127 e. The SMILES string of the molecule is Cc1cc(C)c(C2CC(O)c3cc(F)ccc3O2)cc1C. The summed E-state index contributed by atoms with van der Waals surface area (Å²) in [6.45, 7) is 6.21. The summed E-state index contributed by atoms with van der Waals surface area (Å²) in [5, 5.41) is 10.3. The summed E-state index contributed by atoms with van der Waals surface area (Å²) in [4.78, 5) is 0. The molecule has 2 aromatic carbocycles. The second kappa shape index (κ2) is 5.15. The van der Waals surface area contributed by atoms with Gasteiger partial charge in [0.15, 0.2) is 0 Å². The van der Waals surface area contributed by atoms with Crippen molar-refractivity contribution in [1.82, 2.24) is 0 Å². The van der Waals surface area contributed by atoms with E-state index in [0.717, 1.165) is 11.1 Å². The Labute approximate surface area is 124 Å². The van der Waals surface area contributed by atoms with Gasteiger partial charge in [0.05, 0.1) is 6.10 Å². The van der Waals surface area contributed by atoms with Crippen molar-refractivity contribution < 1.29 is 14.2 Å². The van der Waals surface area contributed by atoms with Crippen molar-refractivity contribution in [2.75, 3.05) is 0 Å². The van der Waals surface area contributed by atoms with Crippen LogP contribution in [-0.2, 0) is 0 Å². The van der Waals surface area contributed by atoms with E-state index in [1.54, 1.807) is 6.07 Å². The van der Waals surface area contributed by atoms with Gasteiger partial charge >= 0.3 is 0 Å². The highest BCUT2D eigenvalue weighted by atomic mass is 19.1. The second-order valence-corrected chi connectivity index (χ2v) is 5.83. The Morgan fingerprint density at radius 3 is 2.48 bits per heavy atom. The number of hydrogen-bond acceptors (Lipinski definition) is 2. The lowest BCUT2D eigenvalue weighted by atomic mass is 9.90. The number of hydrogen-bond donors (Lipinski definition) is 1. The van der Waals surface area contributed by atoms with Crippen molar-refractivity contribution in [1.29, 1.82) is 0 Å². The molecule has 2 nitrogen and oxygen atoms in total. The Bertz CT molecular complexity index is 694. The molecule has 0 saturated carbocycles. The molecule has 1 heterocycles. The van der Waals surface area contributed by atoms with Crippen LogP contribution in [0, 0.1) is 26.6 Å². The number of halogens is 1. The predicted octanol–water partition coefficient (Wildman–Crippen LogP) is 4.31. The van der Waals surface area contributed by atoms with Gasteiger partial charge in [0.1, 0.15) is 17.7 Å². The van der Waals surface area contributed by atoms with Crippen molar-refractivity contribution in [2.45, 2.75) is 39.4 Å². The van der Waals surface area contributed by atoms with E-state index >= 15 is 0 Å². The Hall–Kier alpha value is -1.87. The van der Waals surface area contributed by atoms with Gasteiger partial charge in [-0.1, -0.05) is 12.1 Å². The summed E-state index contributed by atoms with van der Waals surface area (Å²) >= 11 is 0. The third-order valence-corrected chi connectivity index (χ3v) is 4.27. The Morgan fingerprint density at radius 2 is 1.71 bits per heavy atom. The Balaban J connectivity index is 1.99. The van der Waals surface area contributed by atoms with Crippen LogP contribution in [0.25, 0.3) is 0 Å². The van der Waals surface area contributed by atoms with Crippen molar-refractivity contribution in [3.63, 3.8) is 0 Å². The molecule has 3 rings (SSSR count). The quantitative estimate of drug-likeness (QED) is 0.846. The van der Waals surface area contributed by atoms with Gasteiger partial charge in [-0.05, 0) is 61.2 Å². The molecule has 21 heavy (non-hydrogen) atoms. The van der Waals surface area contributed by atoms with E-state index in [1.165, 1.54) is 23.3 Å². The molecule has 3 heteroatoms. The third kappa shape index (κ3) is 2.54. The molecule has 2 atom stereocenters. The van der Waals surface area contributed by atoms with Crippen LogP contribution < -0.4 is 4.74 Å². The molecule has 1 aliphatic heterocycles. The first-order chi connectivity index (χ1) is 9.95. The van der Waals surface area contributed by atoms with E-state index < -0.39 is 6.10 Å². The fourth-order valence-corrected chi connectivity index (χ4v) is 2.94. The van der Waals surface area contributed by atoms with Gasteiger partial charge in [0.2, 0.25) is 0 Å². The fourth-order valence-electron chi connectivity index (χ4n) is 2.94. The Morgan fingerprint density at radius 1 is 1.00 bits per heavy atom. The summed E-state index contributed by atoms with van der Waals surface area (Å²) in [5.74, 6) is 0.218. The largest absolute Gasteiger partial charge is 0.485 e. The summed E-state index contributed by atoms with van der Waals surface area (Å²) in [7, 11) is 0. The molecular formula is C18H19FO2. The molecule has 1 N–H and O–H groups in total. The fraction of sp³-hybridized carbons (Fsp3) is 0.333. The molecule has 110 valence electrons. The average molecular weight is 286 g/mol. The number of fused-ring (bicyclic) bond motifs is 1. The second-order valence-electron chi connectivity index (χ2n) is 5.83. The molecule has 0 bridgehead atoms. The van der Waals surface area contributed by atoms with Gasteiger partial charge in [-0.25, -0.2) is 4.39 Å². The van der Waals surface area contributed by atoms with E-state index in [4.69, 9.17) is 4.74 Å². The van der Waals surface area contributed by atoms with Crippen molar-refractivity contribution in [2.24, 2.45) is 0 Å². The minimum absolute atomic E-state index is 0.197. The van der Waals surface area contributed by atoms with E-state index in [9.17, 15) is 9.50 Å². The standard InChI is InChI=1S/C18H19FO2/c1-10-6-12(3)14(7-11(10)2)18-9-16(20)15-8-13(19)4-5-17(15)21-18/h4-8,16,18,20H,9H2,1-3H3. The van der Waals surface area contributed by atoms with Crippen molar-refractivity contribution in [3.8, 4) is 5.75 Å². The third-order valence-electron chi connectivity index (χ3n) is 4.27. The summed E-state index contributed by atoms with van der Waals surface area (Å²) in [5.41, 5.74) is 5.23.